The van der Waals surface area contributed by atoms with Crippen molar-refractivity contribution in [1.29, 1.82) is 0 Å². The largest absolute Gasteiger partial charge is 0.494 e. The molecule has 5 heteroatoms. The third kappa shape index (κ3) is 3.78. The van der Waals surface area contributed by atoms with Gasteiger partial charge in [-0.1, -0.05) is 13.8 Å². The highest BCUT2D eigenvalue weighted by Crippen LogP contribution is 2.15. The third-order valence-corrected chi connectivity index (χ3v) is 3.81. The van der Waals surface area contributed by atoms with Gasteiger partial charge < -0.3 is 15.0 Å². The fourth-order valence-corrected chi connectivity index (χ4v) is 2.34. The second-order valence-electron chi connectivity index (χ2n) is 5.83. The first-order chi connectivity index (χ1) is 10.5. The molecule has 0 radical (unpaired) electrons. The topological polar surface area (TPSA) is 58.6 Å². The number of nitrogens with zero attached hydrogens (tertiary/aromatic N) is 1. The van der Waals surface area contributed by atoms with E-state index in [1.165, 1.54) is 0 Å². The van der Waals surface area contributed by atoms with Gasteiger partial charge in [0.1, 0.15) is 11.8 Å². The molecule has 0 bridgehead atoms. The number of benzene rings is 1. The molecule has 0 aliphatic carbocycles. The summed E-state index contributed by atoms with van der Waals surface area (Å²) in [5.41, 5.74) is 0.533. The molecule has 1 aliphatic heterocycles. The lowest BCUT2D eigenvalue weighted by Crippen LogP contribution is -2.55. The first-order valence-corrected chi connectivity index (χ1v) is 7.85. The SMILES string of the molecule is CCOc1ccc(C(=O)N[C@@H](C(=O)N2CCC2)C(C)C)cc1. The van der Waals surface area contributed by atoms with Crippen molar-refractivity contribution in [2.45, 2.75) is 33.2 Å². The van der Waals surface area contributed by atoms with Crippen molar-refractivity contribution in [2.24, 2.45) is 5.92 Å². The molecule has 0 unspecified atom stereocenters. The second kappa shape index (κ2) is 7.29. The third-order valence-electron chi connectivity index (χ3n) is 3.81. The number of amides is 2. The van der Waals surface area contributed by atoms with Crippen LogP contribution in [0.15, 0.2) is 24.3 Å². The molecule has 2 rings (SSSR count). The Morgan fingerprint density at radius 2 is 1.86 bits per heavy atom. The summed E-state index contributed by atoms with van der Waals surface area (Å²) in [6, 6.07) is 6.48. The summed E-state index contributed by atoms with van der Waals surface area (Å²) in [6.45, 7) is 7.98. The number of hydrogen-bond acceptors (Lipinski definition) is 3. The summed E-state index contributed by atoms with van der Waals surface area (Å²) in [5.74, 6) is 0.576. The van der Waals surface area contributed by atoms with Crippen molar-refractivity contribution in [3.05, 3.63) is 29.8 Å². The van der Waals surface area contributed by atoms with E-state index in [1.54, 1.807) is 29.2 Å². The summed E-state index contributed by atoms with van der Waals surface area (Å²) in [7, 11) is 0. The lowest BCUT2D eigenvalue weighted by atomic mass is 10.0. The average Bonchev–Trinajstić information content (AvgIpc) is 2.43. The molecule has 2 amide bonds. The Hall–Kier alpha value is -2.04. The number of likely N-dealkylation sites (tertiary alicyclic amines) is 1. The Morgan fingerprint density at radius 1 is 1.23 bits per heavy atom. The molecular formula is C17H24N2O3. The molecule has 1 aromatic carbocycles. The molecule has 0 saturated carbocycles. The van der Waals surface area contributed by atoms with E-state index >= 15 is 0 Å². The van der Waals surface area contributed by atoms with Gasteiger partial charge in [-0.15, -0.1) is 0 Å². The predicted molar refractivity (Wildman–Crippen MR) is 84.9 cm³/mol. The van der Waals surface area contributed by atoms with Gasteiger partial charge in [-0.2, -0.15) is 0 Å². The van der Waals surface area contributed by atoms with Gasteiger partial charge in [-0.25, -0.2) is 0 Å². The molecule has 1 atom stereocenters. The summed E-state index contributed by atoms with van der Waals surface area (Å²) in [6.07, 6.45) is 1.05. The van der Waals surface area contributed by atoms with Gasteiger partial charge in [-0.05, 0) is 43.5 Å². The second-order valence-corrected chi connectivity index (χ2v) is 5.83. The highest BCUT2D eigenvalue weighted by Gasteiger charge is 2.31. The molecule has 0 aromatic heterocycles. The molecule has 1 aliphatic rings. The van der Waals surface area contributed by atoms with Crippen LogP contribution in [0.1, 0.15) is 37.6 Å². The zero-order valence-corrected chi connectivity index (χ0v) is 13.5. The molecule has 1 fully saturated rings. The van der Waals surface area contributed by atoms with Gasteiger partial charge in [0.25, 0.3) is 5.91 Å². The maximum absolute atomic E-state index is 12.4. The van der Waals surface area contributed by atoms with Crippen LogP contribution >= 0.6 is 0 Å². The minimum atomic E-state index is -0.473. The van der Waals surface area contributed by atoms with Crippen LogP contribution < -0.4 is 10.1 Å². The van der Waals surface area contributed by atoms with E-state index in [2.05, 4.69) is 5.32 Å². The quantitative estimate of drug-likeness (QED) is 0.875. The zero-order chi connectivity index (χ0) is 16.1. The minimum absolute atomic E-state index is 0.0144. The Bertz CT molecular complexity index is 521. The molecule has 1 saturated heterocycles. The van der Waals surface area contributed by atoms with Crippen LogP contribution in [-0.2, 0) is 4.79 Å². The van der Waals surface area contributed by atoms with E-state index in [1.807, 2.05) is 20.8 Å². The van der Waals surface area contributed by atoms with E-state index in [-0.39, 0.29) is 17.7 Å². The van der Waals surface area contributed by atoms with Crippen LogP contribution in [0.4, 0.5) is 0 Å². The van der Waals surface area contributed by atoms with Gasteiger partial charge in [0.05, 0.1) is 6.61 Å². The Labute approximate surface area is 131 Å². The molecule has 1 aromatic rings. The fourth-order valence-electron chi connectivity index (χ4n) is 2.34. The maximum Gasteiger partial charge on any atom is 0.251 e. The van der Waals surface area contributed by atoms with Crippen LogP contribution in [0, 0.1) is 5.92 Å². The Kier molecular flexibility index (Phi) is 5.41. The first kappa shape index (κ1) is 16.3. The van der Waals surface area contributed by atoms with Crippen LogP contribution in [0.25, 0.3) is 0 Å². The van der Waals surface area contributed by atoms with E-state index in [9.17, 15) is 9.59 Å². The zero-order valence-electron chi connectivity index (χ0n) is 13.5. The summed E-state index contributed by atoms with van der Waals surface area (Å²) in [4.78, 5) is 26.5. The summed E-state index contributed by atoms with van der Waals surface area (Å²) in [5, 5.41) is 2.86. The van der Waals surface area contributed by atoms with Gasteiger partial charge in [-0.3, -0.25) is 9.59 Å². The van der Waals surface area contributed by atoms with Crippen molar-refractivity contribution in [1.82, 2.24) is 10.2 Å². The van der Waals surface area contributed by atoms with Crippen molar-refractivity contribution < 1.29 is 14.3 Å². The van der Waals surface area contributed by atoms with Gasteiger partial charge in [0.15, 0.2) is 0 Å². The minimum Gasteiger partial charge on any atom is -0.494 e. The highest BCUT2D eigenvalue weighted by molar-refractivity contribution is 5.97. The Balaban J connectivity index is 2.02. The van der Waals surface area contributed by atoms with Gasteiger partial charge in [0.2, 0.25) is 5.91 Å². The van der Waals surface area contributed by atoms with Crippen molar-refractivity contribution in [3.63, 3.8) is 0 Å². The molecule has 0 spiro atoms. The Morgan fingerprint density at radius 3 is 2.32 bits per heavy atom. The maximum atomic E-state index is 12.4. The molecule has 5 nitrogen and oxygen atoms in total. The molecular weight excluding hydrogens is 280 g/mol. The van der Waals surface area contributed by atoms with Crippen LogP contribution in [-0.4, -0.2) is 42.5 Å². The highest BCUT2D eigenvalue weighted by atomic mass is 16.5. The van der Waals surface area contributed by atoms with E-state index in [4.69, 9.17) is 4.74 Å². The fraction of sp³-hybridized carbons (Fsp3) is 0.529. The molecule has 1 N–H and O–H groups in total. The number of ether oxygens (including phenoxy) is 1. The number of rotatable bonds is 6. The molecule has 120 valence electrons. The molecule has 22 heavy (non-hydrogen) atoms. The lowest BCUT2D eigenvalue weighted by molar-refractivity contribution is -0.137. The smallest absolute Gasteiger partial charge is 0.251 e. The first-order valence-electron chi connectivity index (χ1n) is 7.85. The summed E-state index contributed by atoms with van der Waals surface area (Å²) >= 11 is 0. The van der Waals surface area contributed by atoms with Crippen molar-refractivity contribution >= 4 is 11.8 Å². The normalized spacial score (nSPS) is 15.2. The number of hydrogen-bond donors (Lipinski definition) is 1. The average molecular weight is 304 g/mol. The number of carbonyl (C=O) groups is 2. The monoisotopic (exact) mass is 304 g/mol. The van der Waals surface area contributed by atoms with Crippen molar-refractivity contribution in [3.8, 4) is 5.75 Å². The van der Waals surface area contributed by atoms with E-state index in [0.29, 0.717) is 12.2 Å². The van der Waals surface area contributed by atoms with Crippen molar-refractivity contribution in [2.75, 3.05) is 19.7 Å². The number of nitrogens with one attached hydrogen (secondary N) is 1. The van der Waals surface area contributed by atoms with Crippen LogP contribution in [0.5, 0.6) is 5.75 Å². The van der Waals surface area contributed by atoms with E-state index < -0.39 is 6.04 Å². The van der Waals surface area contributed by atoms with E-state index in [0.717, 1.165) is 25.3 Å². The van der Waals surface area contributed by atoms with Crippen LogP contribution in [0.3, 0.4) is 0 Å². The molecule has 1 heterocycles. The lowest BCUT2D eigenvalue weighted by Gasteiger charge is -2.35. The standard InChI is InChI=1S/C17H24N2O3/c1-4-22-14-8-6-13(7-9-14)16(20)18-15(12(2)3)17(21)19-10-5-11-19/h6-9,12,15H,4-5,10-11H2,1-3H3,(H,18,20)/t15-/m1/s1. The summed E-state index contributed by atoms with van der Waals surface area (Å²) < 4.78 is 5.36. The van der Waals surface area contributed by atoms with Crippen LogP contribution in [0.2, 0.25) is 0 Å². The van der Waals surface area contributed by atoms with Gasteiger partial charge >= 0.3 is 0 Å². The number of carbonyl (C=O) groups excluding carboxylic acids is 2. The predicted octanol–water partition coefficient (Wildman–Crippen LogP) is 2.07. The van der Waals surface area contributed by atoms with Gasteiger partial charge in [0, 0.05) is 18.7 Å².